The first kappa shape index (κ1) is 13.6. The molecule has 3 aromatic rings. The molecule has 0 amide bonds. The van der Waals surface area contributed by atoms with Gasteiger partial charge in [-0.05, 0) is 36.4 Å². The molecule has 0 aliphatic carbocycles. The zero-order valence-corrected chi connectivity index (χ0v) is 12.4. The van der Waals surface area contributed by atoms with Crippen molar-refractivity contribution in [3.63, 3.8) is 0 Å². The summed E-state index contributed by atoms with van der Waals surface area (Å²) in [6.07, 6.45) is 0. The minimum Gasteiger partial charge on any atom is -0.484 e. The van der Waals surface area contributed by atoms with Gasteiger partial charge in [-0.1, -0.05) is 34.8 Å². The highest BCUT2D eigenvalue weighted by Crippen LogP contribution is 2.28. The van der Waals surface area contributed by atoms with Crippen LogP contribution in [0.2, 0.25) is 15.1 Å². The third-order valence-electron chi connectivity index (χ3n) is 2.75. The molecular formula is C14H9Cl3N2O. The van der Waals surface area contributed by atoms with Crippen molar-refractivity contribution < 1.29 is 4.74 Å². The van der Waals surface area contributed by atoms with E-state index in [1.807, 2.05) is 12.1 Å². The lowest BCUT2D eigenvalue weighted by Crippen LogP contribution is -1.97. The lowest BCUT2D eigenvalue weighted by molar-refractivity contribution is 0.298. The number of hydrogen-bond acceptors (Lipinski definition) is 2. The molecule has 20 heavy (non-hydrogen) atoms. The average molecular weight is 328 g/mol. The van der Waals surface area contributed by atoms with E-state index in [2.05, 4.69) is 9.97 Å². The number of aromatic amines is 1. The maximum atomic E-state index is 6.04. The van der Waals surface area contributed by atoms with Crippen LogP contribution in [0, 0.1) is 0 Å². The number of hydrogen-bond donors (Lipinski definition) is 1. The third kappa shape index (κ3) is 2.85. The first-order valence-corrected chi connectivity index (χ1v) is 6.97. The Morgan fingerprint density at radius 2 is 1.75 bits per heavy atom. The van der Waals surface area contributed by atoms with E-state index >= 15 is 0 Å². The van der Waals surface area contributed by atoms with Crippen LogP contribution in [0.4, 0.5) is 0 Å². The fourth-order valence-electron chi connectivity index (χ4n) is 1.84. The predicted octanol–water partition coefficient (Wildman–Crippen LogP) is 5.10. The van der Waals surface area contributed by atoms with Gasteiger partial charge in [-0.25, -0.2) is 4.98 Å². The molecule has 0 aliphatic heterocycles. The first-order chi connectivity index (χ1) is 9.61. The summed E-state index contributed by atoms with van der Waals surface area (Å²) >= 11 is 17.8. The van der Waals surface area contributed by atoms with Crippen LogP contribution in [0.15, 0.2) is 36.4 Å². The van der Waals surface area contributed by atoms with Gasteiger partial charge in [0.15, 0.2) is 0 Å². The summed E-state index contributed by atoms with van der Waals surface area (Å²) in [5.74, 6) is 1.27. The highest BCUT2D eigenvalue weighted by Gasteiger charge is 2.06. The maximum absolute atomic E-state index is 6.04. The van der Waals surface area contributed by atoms with Gasteiger partial charge in [0.1, 0.15) is 18.2 Å². The van der Waals surface area contributed by atoms with Crippen molar-refractivity contribution in [1.82, 2.24) is 9.97 Å². The lowest BCUT2D eigenvalue weighted by atomic mass is 10.3. The molecule has 0 fully saturated rings. The Morgan fingerprint density at radius 3 is 2.55 bits per heavy atom. The Labute approximate surface area is 130 Å². The maximum Gasteiger partial charge on any atom is 0.146 e. The smallest absolute Gasteiger partial charge is 0.146 e. The molecule has 102 valence electrons. The van der Waals surface area contributed by atoms with Crippen LogP contribution in [-0.2, 0) is 6.61 Å². The molecule has 0 saturated carbocycles. The number of nitrogens with one attached hydrogen (secondary N) is 1. The molecule has 1 N–H and O–H groups in total. The van der Waals surface area contributed by atoms with Crippen LogP contribution in [0.3, 0.4) is 0 Å². The van der Waals surface area contributed by atoms with E-state index in [0.29, 0.717) is 26.6 Å². The van der Waals surface area contributed by atoms with E-state index in [0.717, 1.165) is 11.0 Å². The monoisotopic (exact) mass is 326 g/mol. The van der Waals surface area contributed by atoms with Crippen LogP contribution in [0.5, 0.6) is 5.75 Å². The third-order valence-corrected chi connectivity index (χ3v) is 3.52. The fraction of sp³-hybridized carbons (Fsp3) is 0.0714. The van der Waals surface area contributed by atoms with Gasteiger partial charge in [0.05, 0.1) is 16.1 Å². The number of benzene rings is 2. The topological polar surface area (TPSA) is 37.9 Å². The molecule has 0 spiro atoms. The second-order valence-corrected chi connectivity index (χ2v) is 5.49. The molecule has 3 nitrogen and oxygen atoms in total. The van der Waals surface area contributed by atoms with Crippen LogP contribution in [0.1, 0.15) is 5.82 Å². The molecule has 6 heteroatoms. The Kier molecular flexibility index (Phi) is 3.74. The molecule has 1 heterocycles. The fourth-order valence-corrected chi connectivity index (χ4v) is 2.48. The molecule has 0 saturated heterocycles. The van der Waals surface area contributed by atoms with Crippen molar-refractivity contribution in [1.29, 1.82) is 0 Å². The van der Waals surface area contributed by atoms with Crippen molar-refractivity contribution in [2.75, 3.05) is 0 Å². The number of halogens is 3. The molecule has 0 bridgehead atoms. The molecule has 0 aliphatic rings. The van der Waals surface area contributed by atoms with Gasteiger partial charge < -0.3 is 9.72 Å². The minimum absolute atomic E-state index is 0.285. The average Bonchev–Trinajstić information content (AvgIpc) is 2.79. The predicted molar refractivity (Wildman–Crippen MR) is 81.9 cm³/mol. The summed E-state index contributed by atoms with van der Waals surface area (Å²) in [6, 6.07) is 10.6. The summed E-state index contributed by atoms with van der Waals surface area (Å²) in [7, 11) is 0. The van der Waals surface area contributed by atoms with Crippen LogP contribution in [0.25, 0.3) is 11.0 Å². The second-order valence-electron chi connectivity index (χ2n) is 4.21. The lowest BCUT2D eigenvalue weighted by Gasteiger charge is -2.06. The molecule has 0 atom stereocenters. The Morgan fingerprint density at radius 1 is 1.00 bits per heavy atom. The van der Waals surface area contributed by atoms with E-state index in [9.17, 15) is 0 Å². The Balaban J connectivity index is 1.79. The van der Waals surface area contributed by atoms with Gasteiger partial charge in [0.2, 0.25) is 0 Å². The van der Waals surface area contributed by atoms with Crippen LogP contribution in [-0.4, -0.2) is 9.97 Å². The van der Waals surface area contributed by atoms with E-state index in [1.165, 1.54) is 0 Å². The van der Waals surface area contributed by atoms with Crippen molar-refractivity contribution in [2.24, 2.45) is 0 Å². The number of H-pyrrole nitrogens is 1. The Bertz CT molecular complexity index is 770. The molecule has 0 radical (unpaired) electrons. The van der Waals surface area contributed by atoms with Gasteiger partial charge in [0.25, 0.3) is 0 Å². The summed E-state index contributed by atoms with van der Waals surface area (Å²) < 4.78 is 5.62. The normalized spacial score (nSPS) is 10.9. The van der Waals surface area contributed by atoms with Gasteiger partial charge in [-0.2, -0.15) is 0 Å². The summed E-state index contributed by atoms with van der Waals surface area (Å²) in [5.41, 5.74) is 1.72. The van der Waals surface area contributed by atoms with Crippen molar-refractivity contribution in [3.05, 3.63) is 57.3 Å². The quantitative estimate of drug-likeness (QED) is 0.726. The van der Waals surface area contributed by atoms with Crippen LogP contribution < -0.4 is 4.74 Å². The number of ether oxygens (including phenoxy) is 1. The molecule has 0 unspecified atom stereocenters. The van der Waals surface area contributed by atoms with E-state index in [1.54, 1.807) is 24.3 Å². The van der Waals surface area contributed by atoms with E-state index < -0.39 is 0 Å². The molecular weight excluding hydrogens is 319 g/mol. The Hall–Kier alpha value is -1.42. The van der Waals surface area contributed by atoms with Gasteiger partial charge in [-0.3, -0.25) is 0 Å². The number of nitrogens with zero attached hydrogens (tertiary/aromatic N) is 1. The minimum atomic E-state index is 0.285. The number of fused-ring (bicyclic) bond motifs is 1. The van der Waals surface area contributed by atoms with Crippen molar-refractivity contribution in [2.45, 2.75) is 6.61 Å². The molecule has 3 rings (SSSR count). The first-order valence-electron chi connectivity index (χ1n) is 5.84. The highest BCUT2D eigenvalue weighted by atomic mass is 35.5. The van der Waals surface area contributed by atoms with E-state index in [4.69, 9.17) is 39.5 Å². The number of aromatic nitrogens is 2. The molecule has 2 aromatic carbocycles. The zero-order chi connectivity index (χ0) is 14.1. The summed E-state index contributed by atoms with van der Waals surface area (Å²) in [6.45, 7) is 0.285. The number of imidazole rings is 1. The number of rotatable bonds is 3. The molecule has 1 aromatic heterocycles. The highest BCUT2D eigenvalue weighted by molar-refractivity contribution is 6.35. The largest absolute Gasteiger partial charge is 0.484 e. The summed E-state index contributed by atoms with van der Waals surface area (Å²) in [4.78, 5) is 7.56. The van der Waals surface area contributed by atoms with Gasteiger partial charge in [0, 0.05) is 10.0 Å². The van der Waals surface area contributed by atoms with Gasteiger partial charge in [-0.15, -0.1) is 0 Å². The SMILES string of the molecule is Clc1ccc(OCc2nc3ccc(Cl)cc3[nH]2)c(Cl)c1. The van der Waals surface area contributed by atoms with Crippen molar-refractivity contribution >= 4 is 45.8 Å². The van der Waals surface area contributed by atoms with Crippen LogP contribution >= 0.6 is 34.8 Å². The summed E-state index contributed by atoms with van der Waals surface area (Å²) in [5, 5.41) is 1.70. The van der Waals surface area contributed by atoms with Gasteiger partial charge >= 0.3 is 0 Å². The zero-order valence-electron chi connectivity index (χ0n) is 10.2. The van der Waals surface area contributed by atoms with E-state index in [-0.39, 0.29) is 6.61 Å². The van der Waals surface area contributed by atoms with Crippen molar-refractivity contribution in [3.8, 4) is 5.75 Å². The second kappa shape index (κ2) is 5.52. The standard InChI is InChI=1S/C14H9Cl3N2O/c15-8-2-4-13(10(17)5-8)20-7-14-18-11-3-1-9(16)6-12(11)19-14/h1-6H,7H2,(H,18,19).